The van der Waals surface area contributed by atoms with Crippen LogP contribution in [0.2, 0.25) is 0 Å². The van der Waals surface area contributed by atoms with E-state index >= 15 is 0 Å². The fraction of sp³-hybridized carbons (Fsp3) is 0.375. The molecular weight excluding hydrogens is 425 g/mol. The highest BCUT2D eigenvalue weighted by Gasteiger charge is 2.40. The van der Waals surface area contributed by atoms with E-state index in [1.165, 1.54) is 28.0 Å². The zero-order chi connectivity index (χ0) is 24.0. The van der Waals surface area contributed by atoms with Crippen LogP contribution in [0.3, 0.4) is 0 Å². The van der Waals surface area contributed by atoms with Gasteiger partial charge in [0.1, 0.15) is 5.82 Å². The Bertz CT molecular complexity index is 996. The lowest BCUT2D eigenvalue weighted by molar-refractivity contribution is -0.132. The standard InChI is InChI=1S/C24H30FN5O3/c1-16(2)17-7-9-20(10-8-17)28-24(33)30-14-4-13-29(22(30)21(31)27-12-11-26)23(32)18-5-3-6-19(25)15-18/h3,5-10,15-16,22H,4,11-14,26H2,1-2H3,(H,27,31)(H,28,33). The van der Waals surface area contributed by atoms with Crippen molar-refractivity contribution in [2.24, 2.45) is 5.73 Å². The van der Waals surface area contributed by atoms with E-state index < -0.39 is 29.8 Å². The van der Waals surface area contributed by atoms with E-state index in [1.807, 2.05) is 12.1 Å². The van der Waals surface area contributed by atoms with Crippen molar-refractivity contribution in [3.05, 3.63) is 65.5 Å². The van der Waals surface area contributed by atoms with Crippen molar-refractivity contribution in [1.29, 1.82) is 0 Å². The molecule has 1 aliphatic heterocycles. The van der Waals surface area contributed by atoms with Crippen LogP contribution in [0.1, 0.15) is 42.1 Å². The Balaban J connectivity index is 1.85. The zero-order valence-electron chi connectivity index (χ0n) is 18.9. The van der Waals surface area contributed by atoms with E-state index in [-0.39, 0.29) is 31.7 Å². The van der Waals surface area contributed by atoms with Gasteiger partial charge in [0.2, 0.25) is 0 Å². The molecule has 8 nitrogen and oxygen atoms in total. The Morgan fingerprint density at radius 3 is 2.42 bits per heavy atom. The molecule has 33 heavy (non-hydrogen) atoms. The summed E-state index contributed by atoms with van der Waals surface area (Å²) in [7, 11) is 0. The van der Waals surface area contributed by atoms with E-state index in [0.717, 1.165) is 11.6 Å². The van der Waals surface area contributed by atoms with Gasteiger partial charge in [0.05, 0.1) is 0 Å². The van der Waals surface area contributed by atoms with Crippen LogP contribution in [0.4, 0.5) is 14.9 Å². The zero-order valence-corrected chi connectivity index (χ0v) is 18.9. The number of urea groups is 1. The third-order valence-electron chi connectivity index (χ3n) is 5.49. The van der Waals surface area contributed by atoms with Gasteiger partial charge in [-0.3, -0.25) is 14.5 Å². The molecule has 2 aromatic carbocycles. The predicted molar refractivity (Wildman–Crippen MR) is 124 cm³/mol. The van der Waals surface area contributed by atoms with Crippen molar-refractivity contribution in [3.63, 3.8) is 0 Å². The second-order valence-corrected chi connectivity index (χ2v) is 8.22. The van der Waals surface area contributed by atoms with Crippen LogP contribution >= 0.6 is 0 Å². The maximum Gasteiger partial charge on any atom is 0.323 e. The third-order valence-corrected chi connectivity index (χ3v) is 5.49. The van der Waals surface area contributed by atoms with E-state index in [1.54, 1.807) is 12.1 Å². The van der Waals surface area contributed by atoms with Gasteiger partial charge in [-0.15, -0.1) is 0 Å². The summed E-state index contributed by atoms with van der Waals surface area (Å²) in [6, 6.07) is 12.2. The Hall–Kier alpha value is -3.46. The van der Waals surface area contributed by atoms with Crippen LogP contribution in [0, 0.1) is 5.82 Å². The molecule has 1 atom stereocenters. The van der Waals surface area contributed by atoms with Crippen LogP contribution in [0.5, 0.6) is 0 Å². The molecule has 3 rings (SSSR count). The van der Waals surface area contributed by atoms with Crippen molar-refractivity contribution in [2.45, 2.75) is 32.4 Å². The Morgan fingerprint density at radius 2 is 1.79 bits per heavy atom. The monoisotopic (exact) mass is 455 g/mol. The first-order valence-corrected chi connectivity index (χ1v) is 11.0. The summed E-state index contributed by atoms with van der Waals surface area (Å²) in [5.74, 6) is -1.24. The second kappa shape index (κ2) is 10.9. The van der Waals surface area contributed by atoms with Crippen LogP contribution in [0.25, 0.3) is 0 Å². The van der Waals surface area contributed by atoms with Gasteiger partial charge in [0.15, 0.2) is 6.17 Å². The molecule has 1 heterocycles. The average molecular weight is 456 g/mol. The van der Waals surface area contributed by atoms with E-state index in [2.05, 4.69) is 24.5 Å². The van der Waals surface area contributed by atoms with E-state index in [4.69, 9.17) is 5.73 Å². The summed E-state index contributed by atoms with van der Waals surface area (Å²) in [4.78, 5) is 41.9. The summed E-state index contributed by atoms with van der Waals surface area (Å²) in [6.45, 7) is 5.10. The Kier molecular flexibility index (Phi) is 8.00. The number of nitrogens with zero attached hydrogens (tertiary/aromatic N) is 2. The number of carbonyl (C=O) groups is 3. The number of anilines is 1. The minimum Gasteiger partial charge on any atom is -0.351 e. The summed E-state index contributed by atoms with van der Waals surface area (Å²) in [5.41, 5.74) is 7.34. The number of benzene rings is 2. The highest BCUT2D eigenvalue weighted by atomic mass is 19.1. The van der Waals surface area contributed by atoms with Gasteiger partial charge >= 0.3 is 6.03 Å². The average Bonchev–Trinajstić information content (AvgIpc) is 2.81. The number of halogens is 1. The van der Waals surface area contributed by atoms with Crippen molar-refractivity contribution in [1.82, 2.24) is 15.1 Å². The number of nitrogens with one attached hydrogen (secondary N) is 2. The Labute approximate surface area is 192 Å². The molecule has 176 valence electrons. The summed E-state index contributed by atoms with van der Waals surface area (Å²) < 4.78 is 13.7. The maximum atomic E-state index is 13.7. The second-order valence-electron chi connectivity index (χ2n) is 8.22. The third kappa shape index (κ3) is 5.87. The molecule has 1 saturated heterocycles. The van der Waals surface area contributed by atoms with Gasteiger partial charge < -0.3 is 21.3 Å². The number of nitrogens with two attached hydrogens (primary N) is 1. The lowest BCUT2D eigenvalue weighted by atomic mass is 10.0. The molecule has 0 radical (unpaired) electrons. The molecule has 1 unspecified atom stereocenters. The molecule has 0 bridgehead atoms. The van der Waals surface area contributed by atoms with Crippen molar-refractivity contribution in [2.75, 3.05) is 31.5 Å². The minimum atomic E-state index is -1.18. The lowest BCUT2D eigenvalue weighted by Crippen LogP contribution is -2.64. The van der Waals surface area contributed by atoms with Crippen molar-refractivity contribution in [3.8, 4) is 0 Å². The van der Waals surface area contributed by atoms with E-state index in [0.29, 0.717) is 18.0 Å². The molecule has 1 aliphatic rings. The molecule has 0 saturated carbocycles. The highest BCUT2D eigenvalue weighted by molar-refractivity contribution is 6.00. The fourth-order valence-electron chi connectivity index (χ4n) is 3.75. The molecule has 0 aliphatic carbocycles. The smallest absolute Gasteiger partial charge is 0.323 e. The Morgan fingerprint density at radius 1 is 1.09 bits per heavy atom. The molecule has 0 spiro atoms. The van der Waals surface area contributed by atoms with E-state index in [9.17, 15) is 18.8 Å². The minimum absolute atomic E-state index is 0.109. The summed E-state index contributed by atoms with van der Waals surface area (Å²) in [5, 5.41) is 5.48. The lowest BCUT2D eigenvalue weighted by Gasteiger charge is -2.42. The van der Waals surface area contributed by atoms with Crippen LogP contribution < -0.4 is 16.4 Å². The molecule has 4 amide bonds. The van der Waals surface area contributed by atoms with Crippen LogP contribution in [-0.2, 0) is 4.79 Å². The van der Waals surface area contributed by atoms with Gasteiger partial charge in [-0.05, 0) is 48.2 Å². The van der Waals surface area contributed by atoms with Gasteiger partial charge in [0.25, 0.3) is 11.8 Å². The van der Waals surface area contributed by atoms with Crippen LogP contribution in [0.15, 0.2) is 48.5 Å². The molecule has 1 fully saturated rings. The van der Waals surface area contributed by atoms with Gasteiger partial charge in [-0.2, -0.15) is 0 Å². The topological polar surface area (TPSA) is 108 Å². The molecule has 4 N–H and O–H groups in total. The number of hydrogen-bond acceptors (Lipinski definition) is 4. The predicted octanol–water partition coefficient (Wildman–Crippen LogP) is 2.73. The molecule has 2 aromatic rings. The molecule has 0 aromatic heterocycles. The normalized spacial score (nSPS) is 16.0. The van der Waals surface area contributed by atoms with Gasteiger partial charge in [-0.1, -0.05) is 32.0 Å². The maximum absolute atomic E-state index is 13.7. The van der Waals surface area contributed by atoms with Crippen molar-refractivity contribution >= 4 is 23.5 Å². The first kappa shape index (κ1) is 24.2. The molecular formula is C24H30FN5O3. The summed E-state index contributed by atoms with van der Waals surface area (Å²) in [6.07, 6.45) is -0.711. The quantitative estimate of drug-likeness (QED) is 0.622. The highest BCUT2D eigenvalue weighted by Crippen LogP contribution is 2.22. The summed E-state index contributed by atoms with van der Waals surface area (Å²) >= 11 is 0. The van der Waals surface area contributed by atoms with Crippen molar-refractivity contribution < 1.29 is 18.8 Å². The van der Waals surface area contributed by atoms with Gasteiger partial charge in [0, 0.05) is 37.4 Å². The largest absolute Gasteiger partial charge is 0.351 e. The van der Waals surface area contributed by atoms with Crippen LogP contribution in [-0.4, -0.2) is 60.0 Å². The first-order valence-electron chi connectivity index (χ1n) is 11.0. The first-order chi connectivity index (χ1) is 15.8. The fourth-order valence-corrected chi connectivity index (χ4v) is 3.75. The number of hydrogen-bond donors (Lipinski definition) is 3. The number of carbonyl (C=O) groups excluding carboxylic acids is 3. The molecule has 9 heteroatoms. The SMILES string of the molecule is CC(C)c1ccc(NC(=O)N2CCCN(C(=O)c3cccc(F)c3)C2C(=O)NCCN)cc1. The number of amides is 4. The van der Waals surface area contributed by atoms with Gasteiger partial charge in [-0.25, -0.2) is 9.18 Å². The number of rotatable bonds is 6.